The van der Waals surface area contributed by atoms with Crippen LogP contribution < -0.4 is 0 Å². The number of fused-ring (bicyclic) bond motifs is 1. The molecule has 0 aliphatic rings. The largest absolute Gasteiger partial charge is 0.478 e. The maximum absolute atomic E-state index is 10.9. The van der Waals surface area contributed by atoms with Crippen molar-refractivity contribution < 1.29 is 9.90 Å². The topological polar surface area (TPSA) is 37.3 Å². The molecule has 0 bridgehead atoms. The standard InChI is InChI=1S/C9H4BrIO2S/c10-7-2-4(11)1-5-6(9(12)13)3-14-8(5)7/h1-3H,(H,12,13). The van der Waals surface area contributed by atoms with Crippen LogP contribution in [0.4, 0.5) is 0 Å². The molecule has 5 heteroatoms. The highest BCUT2D eigenvalue weighted by atomic mass is 127. The van der Waals surface area contributed by atoms with E-state index < -0.39 is 5.97 Å². The molecule has 0 spiro atoms. The zero-order valence-electron chi connectivity index (χ0n) is 6.75. The Morgan fingerprint density at radius 2 is 2.21 bits per heavy atom. The Morgan fingerprint density at radius 3 is 2.86 bits per heavy atom. The number of benzene rings is 1. The molecule has 1 N–H and O–H groups in total. The van der Waals surface area contributed by atoms with Gasteiger partial charge in [0.2, 0.25) is 0 Å². The molecule has 0 aliphatic carbocycles. The van der Waals surface area contributed by atoms with E-state index in [-0.39, 0.29) is 0 Å². The van der Waals surface area contributed by atoms with Crippen LogP contribution in [0.25, 0.3) is 10.1 Å². The van der Waals surface area contributed by atoms with Crippen LogP contribution >= 0.6 is 49.9 Å². The number of rotatable bonds is 1. The van der Waals surface area contributed by atoms with Gasteiger partial charge in [0.15, 0.2) is 0 Å². The molecule has 0 amide bonds. The van der Waals surface area contributed by atoms with Gasteiger partial charge in [-0.05, 0) is 50.7 Å². The third-order valence-electron chi connectivity index (χ3n) is 1.82. The Labute approximate surface area is 106 Å². The lowest BCUT2D eigenvalue weighted by Gasteiger charge is -1.97. The second kappa shape index (κ2) is 3.79. The molecule has 2 nitrogen and oxygen atoms in total. The summed E-state index contributed by atoms with van der Waals surface area (Å²) in [6.45, 7) is 0. The lowest BCUT2D eigenvalue weighted by molar-refractivity contribution is 0.0699. The number of carboxylic acid groups (broad SMARTS) is 1. The summed E-state index contributed by atoms with van der Waals surface area (Å²) in [5.74, 6) is -0.870. The van der Waals surface area contributed by atoms with Crippen molar-refractivity contribution in [2.75, 3.05) is 0 Å². The number of carboxylic acids is 1. The average Bonchev–Trinajstić information content (AvgIpc) is 2.47. The molecule has 1 aromatic heterocycles. The minimum absolute atomic E-state index is 0.379. The molecular weight excluding hydrogens is 379 g/mol. The van der Waals surface area contributed by atoms with E-state index in [0.717, 1.165) is 18.1 Å². The van der Waals surface area contributed by atoms with Gasteiger partial charge in [0.05, 0.1) is 5.56 Å². The van der Waals surface area contributed by atoms with Crippen LogP contribution in [0.1, 0.15) is 10.4 Å². The van der Waals surface area contributed by atoms with Gasteiger partial charge in [-0.25, -0.2) is 4.79 Å². The highest BCUT2D eigenvalue weighted by Gasteiger charge is 2.12. The van der Waals surface area contributed by atoms with Crippen molar-refractivity contribution in [2.45, 2.75) is 0 Å². The second-order valence-electron chi connectivity index (χ2n) is 2.72. The summed E-state index contributed by atoms with van der Waals surface area (Å²) in [4.78, 5) is 10.9. The molecule has 72 valence electrons. The van der Waals surface area contributed by atoms with E-state index in [1.165, 1.54) is 11.3 Å². The molecule has 0 saturated carbocycles. The van der Waals surface area contributed by atoms with Gasteiger partial charge in [-0.3, -0.25) is 0 Å². The molecule has 0 radical (unpaired) electrons. The number of hydrogen-bond donors (Lipinski definition) is 1. The highest BCUT2D eigenvalue weighted by Crippen LogP contribution is 2.34. The predicted octanol–water partition coefficient (Wildman–Crippen LogP) is 3.97. The number of carbonyl (C=O) groups is 1. The summed E-state index contributed by atoms with van der Waals surface area (Å²) in [5.41, 5.74) is 0.379. The fourth-order valence-electron chi connectivity index (χ4n) is 1.23. The van der Waals surface area contributed by atoms with Gasteiger partial charge in [0.25, 0.3) is 0 Å². The average molecular weight is 383 g/mol. The third kappa shape index (κ3) is 1.68. The van der Waals surface area contributed by atoms with Crippen molar-refractivity contribution in [3.63, 3.8) is 0 Å². The van der Waals surface area contributed by atoms with E-state index in [2.05, 4.69) is 38.5 Å². The normalized spacial score (nSPS) is 10.7. The Hall–Kier alpha value is -0.140. The summed E-state index contributed by atoms with van der Waals surface area (Å²) < 4.78 is 2.97. The minimum atomic E-state index is -0.870. The van der Waals surface area contributed by atoms with E-state index >= 15 is 0 Å². The van der Waals surface area contributed by atoms with E-state index in [9.17, 15) is 4.79 Å². The van der Waals surface area contributed by atoms with E-state index in [0.29, 0.717) is 5.56 Å². The molecule has 0 unspecified atom stereocenters. The molecule has 0 aliphatic heterocycles. The summed E-state index contributed by atoms with van der Waals surface area (Å²) in [7, 11) is 0. The zero-order chi connectivity index (χ0) is 10.3. The zero-order valence-corrected chi connectivity index (χ0v) is 11.3. The molecule has 1 heterocycles. The monoisotopic (exact) mass is 382 g/mol. The first-order chi connectivity index (χ1) is 6.59. The molecule has 14 heavy (non-hydrogen) atoms. The van der Waals surface area contributed by atoms with Crippen LogP contribution in [-0.2, 0) is 0 Å². The van der Waals surface area contributed by atoms with Crippen molar-refractivity contribution in [3.8, 4) is 0 Å². The quantitative estimate of drug-likeness (QED) is 0.758. The van der Waals surface area contributed by atoms with Crippen LogP contribution in [0.2, 0.25) is 0 Å². The first kappa shape index (κ1) is 10.4. The summed E-state index contributed by atoms with van der Waals surface area (Å²) >= 11 is 7.04. The molecule has 0 fully saturated rings. The van der Waals surface area contributed by atoms with E-state index in [1.807, 2.05) is 12.1 Å². The smallest absolute Gasteiger partial charge is 0.337 e. The van der Waals surface area contributed by atoms with Crippen LogP contribution in [0.5, 0.6) is 0 Å². The molecule has 1 aromatic carbocycles. The molecule has 2 rings (SSSR count). The van der Waals surface area contributed by atoms with Gasteiger partial charge >= 0.3 is 5.97 Å². The van der Waals surface area contributed by atoms with Crippen LogP contribution in [0.15, 0.2) is 22.0 Å². The molecule has 0 atom stereocenters. The number of hydrogen-bond acceptors (Lipinski definition) is 2. The van der Waals surface area contributed by atoms with Crippen molar-refractivity contribution >= 4 is 65.9 Å². The van der Waals surface area contributed by atoms with Gasteiger partial charge in [0, 0.05) is 23.5 Å². The van der Waals surface area contributed by atoms with Crippen LogP contribution in [0.3, 0.4) is 0 Å². The van der Waals surface area contributed by atoms with Gasteiger partial charge < -0.3 is 5.11 Å². The van der Waals surface area contributed by atoms with Crippen molar-refractivity contribution in [1.82, 2.24) is 0 Å². The summed E-state index contributed by atoms with van der Waals surface area (Å²) in [5, 5.41) is 11.4. The van der Waals surface area contributed by atoms with Crippen molar-refractivity contribution in [1.29, 1.82) is 0 Å². The fourth-order valence-corrected chi connectivity index (χ4v) is 3.95. The predicted molar refractivity (Wildman–Crippen MR) is 69.2 cm³/mol. The van der Waals surface area contributed by atoms with E-state index in [1.54, 1.807) is 5.38 Å². The molecule has 0 saturated heterocycles. The number of aromatic carboxylic acids is 1. The minimum Gasteiger partial charge on any atom is -0.478 e. The molecule has 2 aromatic rings. The fraction of sp³-hybridized carbons (Fsp3) is 0. The summed E-state index contributed by atoms with van der Waals surface area (Å²) in [6.07, 6.45) is 0. The first-order valence-electron chi connectivity index (χ1n) is 3.69. The highest BCUT2D eigenvalue weighted by molar-refractivity contribution is 14.1. The lowest BCUT2D eigenvalue weighted by Crippen LogP contribution is -1.93. The lowest BCUT2D eigenvalue weighted by atomic mass is 10.2. The Balaban J connectivity index is 2.85. The third-order valence-corrected chi connectivity index (χ3v) is 4.36. The SMILES string of the molecule is O=C(O)c1csc2c(Br)cc(I)cc12. The maximum atomic E-state index is 10.9. The van der Waals surface area contributed by atoms with Gasteiger partial charge in [-0.1, -0.05) is 0 Å². The summed E-state index contributed by atoms with van der Waals surface area (Å²) in [6, 6.07) is 3.87. The Morgan fingerprint density at radius 1 is 1.50 bits per heavy atom. The van der Waals surface area contributed by atoms with Crippen LogP contribution in [-0.4, -0.2) is 11.1 Å². The Kier molecular flexibility index (Phi) is 2.81. The van der Waals surface area contributed by atoms with Crippen LogP contribution in [0, 0.1) is 3.57 Å². The molecular formula is C9H4BrIO2S. The first-order valence-corrected chi connectivity index (χ1v) is 6.44. The number of halogens is 2. The van der Waals surface area contributed by atoms with Crippen molar-refractivity contribution in [2.24, 2.45) is 0 Å². The van der Waals surface area contributed by atoms with Gasteiger partial charge in [0.1, 0.15) is 0 Å². The Bertz CT molecular complexity index is 521. The van der Waals surface area contributed by atoms with Gasteiger partial charge in [-0.2, -0.15) is 0 Å². The number of thiophene rings is 1. The van der Waals surface area contributed by atoms with Crippen molar-refractivity contribution in [3.05, 3.63) is 31.1 Å². The maximum Gasteiger partial charge on any atom is 0.337 e. The van der Waals surface area contributed by atoms with E-state index in [4.69, 9.17) is 5.11 Å². The second-order valence-corrected chi connectivity index (χ2v) is 5.70. The van der Waals surface area contributed by atoms with Gasteiger partial charge in [-0.15, -0.1) is 11.3 Å².